The van der Waals surface area contributed by atoms with Gasteiger partial charge in [-0.1, -0.05) is 12.1 Å². The second kappa shape index (κ2) is 6.32. The predicted molar refractivity (Wildman–Crippen MR) is 76.2 cm³/mol. The fourth-order valence-corrected chi connectivity index (χ4v) is 2.56. The van der Waals surface area contributed by atoms with Crippen LogP contribution in [0.2, 0.25) is 0 Å². The molecule has 0 saturated carbocycles. The molecule has 0 unspecified atom stereocenters. The number of ketones is 1. The molecule has 2 aromatic rings. The Morgan fingerprint density at radius 2 is 1.95 bits per heavy atom. The summed E-state index contributed by atoms with van der Waals surface area (Å²) in [7, 11) is 0. The monoisotopic (exact) mass is 306 g/mol. The van der Waals surface area contributed by atoms with Crippen LogP contribution in [-0.2, 0) is 11.2 Å². The van der Waals surface area contributed by atoms with Crippen LogP contribution >= 0.6 is 11.3 Å². The Morgan fingerprint density at radius 1 is 1.19 bits per heavy atom. The Hall–Kier alpha value is -2.47. The number of aliphatic carboxylic acids is 1. The smallest absolute Gasteiger partial charge is 0.371 e. The van der Waals surface area contributed by atoms with E-state index in [4.69, 9.17) is 10.2 Å². The summed E-state index contributed by atoms with van der Waals surface area (Å²) in [6, 6.07) is 7.75. The highest BCUT2D eigenvalue weighted by atomic mass is 32.1. The van der Waals surface area contributed by atoms with Crippen molar-refractivity contribution < 1.29 is 24.2 Å². The minimum atomic E-state index is -1.56. The molecule has 0 radical (unpaired) electrons. The maximum atomic E-state index is 13.1. The SMILES string of the molecule is O=C(O)/C(O)=C/C(=O)c1cc(Cc2cccc(F)c2)cs1. The number of thiophene rings is 1. The molecule has 108 valence electrons. The topological polar surface area (TPSA) is 74.6 Å². The Bertz CT molecular complexity index is 718. The Morgan fingerprint density at radius 3 is 2.62 bits per heavy atom. The summed E-state index contributed by atoms with van der Waals surface area (Å²) in [5.41, 5.74) is 1.59. The van der Waals surface area contributed by atoms with Crippen LogP contribution in [-0.4, -0.2) is 22.0 Å². The van der Waals surface area contributed by atoms with Gasteiger partial charge in [-0.3, -0.25) is 4.79 Å². The molecule has 1 aromatic heterocycles. The summed E-state index contributed by atoms with van der Waals surface area (Å²) in [5, 5.41) is 19.3. The van der Waals surface area contributed by atoms with Crippen molar-refractivity contribution in [2.75, 3.05) is 0 Å². The van der Waals surface area contributed by atoms with Gasteiger partial charge in [-0.05, 0) is 41.1 Å². The van der Waals surface area contributed by atoms with Gasteiger partial charge in [-0.25, -0.2) is 9.18 Å². The first-order chi connectivity index (χ1) is 9.95. The molecule has 4 nitrogen and oxygen atoms in total. The first-order valence-electron chi connectivity index (χ1n) is 5.96. The van der Waals surface area contributed by atoms with Gasteiger partial charge in [-0.2, -0.15) is 0 Å². The minimum Gasteiger partial charge on any atom is -0.502 e. The third-order valence-electron chi connectivity index (χ3n) is 2.68. The minimum absolute atomic E-state index is 0.314. The summed E-state index contributed by atoms with van der Waals surface area (Å²) in [6.45, 7) is 0. The van der Waals surface area contributed by atoms with E-state index in [1.54, 1.807) is 23.6 Å². The molecule has 0 aliphatic rings. The number of carbonyl (C=O) groups is 2. The lowest BCUT2D eigenvalue weighted by molar-refractivity contribution is -0.135. The molecule has 0 amide bonds. The van der Waals surface area contributed by atoms with Crippen LogP contribution < -0.4 is 0 Å². The largest absolute Gasteiger partial charge is 0.502 e. The highest BCUT2D eigenvalue weighted by Gasteiger charge is 2.12. The average molecular weight is 306 g/mol. The summed E-state index contributed by atoms with van der Waals surface area (Å²) in [4.78, 5) is 22.5. The quantitative estimate of drug-likeness (QED) is 0.505. The molecule has 21 heavy (non-hydrogen) atoms. The zero-order valence-corrected chi connectivity index (χ0v) is 11.6. The molecule has 0 bridgehead atoms. The number of benzene rings is 1. The molecule has 0 saturated heterocycles. The molecular weight excluding hydrogens is 295 g/mol. The lowest BCUT2D eigenvalue weighted by atomic mass is 10.1. The van der Waals surface area contributed by atoms with Crippen LogP contribution in [0.15, 0.2) is 47.5 Å². The van der Waals surface area contributed by atoms with E-state index in [1.165, 1.54) is 12.1 Å². The van der Waals surface area contributed by atoms with Gasteiger partial charge in [0, 0.05) is 6.08 Å². The van der Waals surface area contributed by atoms with Crippen molar-refractivity contribution in [2.24, 2.45) is 0 Å². The van der Waals surface area contributed by atoms with E-state index in [-0.39, 0.29) is 5.82 Å². The van der Waals surface area contributed by atoms with Gasteiger partial charge < -0.3 is 10.2 Å². The van der Waals surface area contributed by atoms with Gasteiger partial charge in [-0.15, -0.1) is 11.3 Å². The van der Waals surface area contributed by atoms with Crippen molar-refractivity contribution in [2.45, 2.75) is 6.42 Å². The van der Waals surface area contributed by atoms with E-state index in [1.807, 2.05) is 0 Å². The molecule has 6 heteroatoms. The van der Waals surface area contributed by atoms with Crippen molar-refractivity contribution in [3.63, 3.8) is 0 Å². The van der Waals surface area contributed by atoms with Gasteiger partial charge in [0.15, 0.2) is 5.78 Å². The maximum absolute atomic E-state index is 13.1. The van der Waals surface area contributed by atoms with E-state index < -0.39 is 17.5 Å². The average Bonchev–Trinajstić information content (AvgIpc) is 2.87. The van der Waals surface area contributed by atoms with E-state index >= 15 is 0 Å². The third kappa shape index (κ3) is 4.00. The molecule has 2 N–H and O–H groups in total. The van der Waals surface area contributed by atoms with Gasteiger partial charge in [0.05, 0.1) is 4.88 Å². The normalized spacial score (nSPS) is 11.4. The summed E-state index contributed by atoms with van der Waals surface area (Å²) >= 11 is 1.14. The predicted octanol–water partition coefficient (Wildman–Crippen LogP) is 3.19. The number of aliphatic hydroxyl groups is 1. The number of hydrogen-bond acceptors (Lipinski definition) is 4. The van der Waals surface area contributed by atoms with E-state index in [0.717, 1.165) is 22.5 Å². The van der Waals surface area contributed by atoms with Gasteiger partial charge in [0.25, 0.3) is 0 Å². The zero-order valence-electron chi connectivity index (χ0n) is 10.7. The van der Waals surface area contributed by atoms with Crippen LogP contribution in [0.25, 0.3) is 0 Å². The number of hydrogen-bond donors (Lipinski definition) is 2. The molecule has 1 aromatic carbocycles. The first kappa shape index (κ1) is 14.9. The van der Waals surface area contributed by atoms with E-state index in [9.17, 15) is 14.0 Å². The number of carbonyl (C=O) groups excluding carboxylic acids is 1. The highest BCUT2D eigenvalue weighted by molar-refractivity contribution is 7.12. The summed E-state index contributed by atoms with van der Waals surface area (Å²) in [5.74, 6) is -3.46. The molecule has 2 rings (SSSR count). The van der Waals surface area contributed by atoms with Gasteiger partial charge >= 0.3 is 5.97 Å². The lowest BCUT2D eigenvalue weighted by Gasteiger charge is -1.98. The second-order valence-electron chi connectivity index (χ2n) is 4.32. The second-order valence-corrected chi connectivity index (χ2v) is 5.24. The Labute approximate surface area is 123 Å². The molecule has 1 heterocycles. The molecule has 0 atom stereocenters. The molecule has 0 spiro atoms. The molecule has 0 fully saturated rings. The number of rotatable bonds is 5. The number of halogens is 1. The molecule has 0 aliphatic carbocycles. The number of carboxylic acid groups (broad SMARTS) is 1. The van der Waals surface area contributed by atoms with Crippen LogP contribution in [0.1, 0.15) is 20.8 Å². The van der Waals surface area contributed by atoms with Crippen LogP contribution in [0.4, 0.5) is 4.39 Å². The van der Waals surface area contributed by atoms with Crippen molar-refractivity contribution >= 4 is 23.1 Å². The number of allylic oxidation sites excluding steroid dienone is 1. The Balaban J connectivity index is 2.13. The summed E-state index contributed by atoms with van der Waals surface area (Å²) in [6.07, 6.45) is 1.14. The molecular formula is C15H11FO4S. The third-order valence-corrected chi connectivity index (χ3v) is 3.67. The van der Waals surface area contributed by atoms with Crippen LogP contribution in [0, 0.1) is 5.82 Å². The number of carboxylic acids is 1. The zero-order chi connectivity index (χ0) is 15.4. The molecule has 0 aliphatic heterocycles. The first-order valence-corrected chi connectivity index (χ1v) is 6.84. The van der Waals surface area contributed by atoms with E-state index in [0.29, 0.717) is 17.4 Å². The standard InChI is InChI=1S/C15H11FO4S/c16-11-3-1-2-9(5-11)4-10-6-14(21-8-10)12(17)7-13(18)15(19)20/h1-3,5-8,18H,4H2,(H,19,20)/b13-7-. The Kier molecular flexibility index (Phi) is 4.49. The van der Waals surface area contributed by atoms with Crippen LogP contribution in [0.5, 0.6) is 0 Å². The fourth-order valence-electron chi connectivity index (χ4n) is 1.74. The van der Waals surface area contributed by atoms with Crippen molar-refractivity contribution in [1.29, 1.82) is 0 Å². The van der Waals surface area contributed by atoms with Crippen molar-refractivity contribution in [1.82, 2.24) is 0 Å². The fraction of sp³-hybridized carbons (Fsp3) is 0.0667. The highest BCUT2D eigenvalue weighted by Crippen LogP contribution is 2.19. The van der Waals surface area contributed by atoms with Gasteiger partial charge in [0.2, 0.25) is 5.76 Å². The van der Waals surface area contributed by atoms with E-state index in [2.05, 4.69) is 0 Å². The lowest BCUT2D eigenvalue weighted by Crippen LogP contribution is -2.02. The van der Waals surface area contributed by atoms with Gasteiger partial charge in [0.1, 0.15) is 5.82 Å². The number of aliphatic hydroxyl groups excluding tert-OH is 1. The maximum Gasteiger partial charge on any atom is 0.371 e. The van der Waals surface area contributed by atoms with Crippen molar-refractivity contribution in [3.8, 4) is 0 Å². The van der Waals surface area contributed by atoms with Crippen molar-refractivity contribution in [3.05, 3.63) is 69.4 Å². The van der Waals surface area contributed by atoms with Crippen LogP contribution in [0.3, 0.4) is 0 Å². The summed E-state index contributed by atoms with van der Waals surface area (Å²) < 4.78 is 13.1.